The average molecular weight is 260 g/mol. The molecule has 1 heterocycles. The van der Waals surface area contributed by atoms with Crippen LogP contribution in [-0.2, 0) is 11.3 Å². The Bertz CT molecular complexity index is 377. The lowest BCUT2D eigenvalue weighted by Crippen LogP contribution is -2.32. The van der Waals surface area contributed by atoms with Gasteiger partial charge in [-0.2, -0.15) is 0 Å². The average Bonchev–Trinajstić information content (AvgIpc) is 2.12. The zero-order valence-electron chi connectivity index (χ0n) is 10.2. The second kappa shape index (κ2) is 6.30. The third-order valence-electron chi connectivity index (χ3n) is 1.65. The maximum atomic E-state index is 11.3. The normalized spacial score (nSPS) is 10.3. The molecule has 1 rings (SSSR count). The molecular formula is C11H18ClN3O2. The monoisotopic (exact) mass is 259 g/mol. The molecule has 96 valence electrons. The van der Waals surface area contributed by atoms with Gasteiger partial charge in [-0.3, -0.25) is 4.98 Å². The highest BCUT2D eigenvalue weighted by Crippen LogP contribution is 2.07. The van der Waals surface area contributed by atoms with Crippen LogP contribution in [0.3, 0.4) is 0 Å². The maximum absolute atomic E-state index is 11.3. The maximum Gasteiger partial charge on any atom is 0.407 e. The summed E-state index contributed by atoms with van der Waals surface area (Å²) in [5.74, 6) is 0. The number of ether oxygens (including phenoxy) is 1. The third kappa shape index (κ3) is 6.63. The number of nitrogen functional groups attached to an aromatic ring is 1. The van der Waals surface area contributed by atoms with Crippen molar-refractivity contribution in [2.75, 3.05) is 5.73 Å². The van der Waals surface area contributed by atoms with E-state index in [0.29, 0.717) is 12.2 Å². The Morgan fingerprint density at radius 2 is 2.12 bits per heavy atom. The molecule has 5 nitrogen and oxygen atoms in total. The summed E-state index contributed by atoms with van der Waals surface area (Å²) in [5.41, 5.74) is 6.48. The summed E-state index contributed by atoms with van der Waals surface area (Å²) in [6.45, 7) is 5.80. The van der Waals surface area contributed by atoms with Gasteiger partial charge < -0.3 is 15.8 Å². The van der Waals surface area contributed by atoms with Crippen LogP contribution in [0.4, 0.5) is 10.5 Å². The minimum absolute atomic E-state index is 0. The molecule has 0 aliphatic carbocycles. The van der Waals surface area contributed by atoms with Crippen LogP contribution in [0.15, 0.2) is 18.5 Å². The van der Waals surface area contributed by atoms with Crippen molar-refractivity contribution in [2.45, 2.75) is 32.9 Å². The van der Waals surface area contributed by atoms with Crippen LogP contribution in [0.25, 0.3) is 0 Å². The topological polar surface area (TPSA) is 77.2 Å². The molecule has 1 aromatic rings. The number of carbonyl (C=O) groups excluding carboxylic acids is 1. The van der Waals surface area contributed by atoms with Crippen molar-refractivity contribution in [1.82, 2.24) is 10.3 Å². The number of amides is 1. The number of hydrogen-bond acceptors (Lipinski definition) is 4. The van der Waals surface area contributed by atoms with E-state index < -0.39 is 11.7 Å². The van der Waals surface area contributed by atoms with E-state index in [1.54, 1.807) is 18.5 Å². The van der Waals surface area contributed by atoms with Crippen LogP contribution >= 0.6 is 12.4 Å². The number of halogens is 1. The van der Waals surface area contributed by atoms with Crippen LogP contribution in [0.1, 0.15) is 26.3 Å². The second-order valence-electron chi connectivity index (χ2n) is 4.48. The third-order valence-corrected chi connectivity index (χ3v) is 1.65. The Hall–Kier alpha value is -1.49. The lowest BCUT2D eigenvalue weighted by atomic mass is 10.2. The van der Waals surface area contributed by atoms with Gasteiger partial charge in [-0.25, -0.2) is 4.79 Å². The summed E-state index contributed by atoms with van der Waals surface area (Å²) in [6.07, 6.45) is 2.75. The number of nitrogens with zero attached hydrogens (tertiary/aromatic N) is 1. The summed E-state index contributed by atoms with van der Waals surface area (Å²) in [6, 6.07) is 1.75. The van der Waals surface area contributed by atoms with Gasteiger partial charge in [0.25, 0.3) is 0 Å². The first-order chi connectivity index (χ1) is 7.37. The standard InChI is InChI=1S/C11H17N3O2.ClH/c1-11(2,3)16-10(15)14-6-8-4-9(12)7-13-5-8;/h4-5,7H,6,12H2,1-3H3,(H,14,15);1H. The van der Waals surface area contributed by atoms with Crippen LogP contribution in [-0.4, -0.2) is 16.7 Å². The van der Waals surface area contributed by atoms with Gasteiger partial charge in [0, 0.05) is 18.9 Å². The highest BCUT2D eigenvalue weighted by atomic mass is 35.5. The van der Waals surface area contributed by atoms with E-state index in [2.05, 4.69) is 10.3 Å². The number of pyridine rings is 1. The predicted octanol–water partition coefficient (Wildman–Crippen LogP) is 2.11. The molecule has 0 bridgehead atoms. The largest absolute Gasteiger partial charge is 0.444 e. The molecule has 0 aromatic carbocycles. The van der Waals surface area contributed by atoms with Crippen LogP contribution in [0.5, 0.6) is 0 Å². The van der Waals surface area contributed by atoms with Gasteiger partial charge >= 0.3 is 6.09 Å². The molecule has 3 N–H and O–H groups in total. The van der Waals surface area contributed by atoms with E-state index in [9.17, 15) is 4.79 Å². The first kappa shape index (κ1) is 15.5. The fourth-order valence-electron chi connectivity index (χ4n) is 1.09. The van der Waals surface area contributed by atoms with Gasteiger partial charge in [-0.05, 0) is 32.4 Å². The van der Waals surface area contributed by atoms with E-state index in [1.807, 2.05) is 20.8 Å². The lowest BCUT2D eigenvalue weighted by Gasteiger charge is -2.19. The number of carbonyl (C=O) groups is 1. The molecular weight excluding hydrogens is 242 g/mol. The van der Waals surface area contributed by atoms with Gasteiger partial charge in [0.05, 0.1) is 5.69 Å². The molecule has 6 heteroatoms. The number of hydrogen-bond donors (Lipinski definition) is 2. The van der Waals surface area contributed by atoms with Crippen molar-refractivity contribution in [3.8, 4) is 0 Å². The first-order valence-electron chi connectivity index (χ1n) is 5.03. The van der Waals surface area contributed by atoms with Gasteiger partial charge in [0.2, 0.25) is 0 Å². The van der Waals surface area contributed by atoms with Gasteiger partial charge in [0.15, 0.2) is 0 Å². The molecule has 0 radical (unpaired) electrons. The SMILES string of the molecule is CC(C)(C)OC(=O)NCc1cncc(N)c1.Cl. The van der Waals surface area contributed by atoms with Gasteiger partial charge in [-0.1, -0.05) is 0 Å². The number of anilines is 1. The Labute approximate surface area is 107 Å². The van der Waals surface area contributed by atoms with E-state index >= 15 is 0 Å². The number of aromatic nitrogens is 1. The number of rotatable bonds is 2. The minimum Gasteiger partial charge on any atom is -0.444 e. The van der Waals surface area contributed by atoms with Crippen LogP contribution in [0, 0.1) is 0 Å². The Kier molecular flexibility index (Phi) is 5.74. The summed E-state index contributed by atoms with van der Waals surface area (Å²) in [4.78, 5) is 15.3. The van der Waals surface area contributed by atoms with Crippen LogP contribution in [0.2, 0.25) is 0 Å². The molecule has 0 unspecified atom stereocenters. The molecule has 0 aliphatic heterocycles. The molecule has 0 atom stereocenters. The van der Waals surface area contributed by atoms with Crippen molar-refractivity contribution in [1.29, 1.82) is 0 Å². The summed E-state index contributed by atoms with van der Waals surface area (Å²) in [5, 5.41) is 2.63. The zero-order chi connectivity index (χ0) is 12.2. The number of alkyl carbamates (subject to hydrolysis) is 1. The van der Waals surface area contributed by atoms with Gasteiger partial charge in [-0.15, -0.1) is 12.4 Å². The molecule has 0 fully saturated rings. The fourth-order valence-corrected chi connectivity index (χ4v) is 1.09. The quantitative estimate of drug-likeness (QED) is 0.853. The van der Waals surface area contributed by atoms with Crippen molar-refractivity contribution in [3.05, 3.63) is 24.0 Å². The smallest absolute Gasteiger partial charge is 0.407 e. The fraction of sp³-hybridized carbons (Fsp3) is 0.455. The van der Waals surface area contributed by atoms with E-state index in [-0.39, 0.29) is 12.4 Å². The molecule has 0 saturated carbocycles. The molecule has 1 aromatic heterocycles. The molecule has 0 spiro atoms. The number of nitrogens with one attached hydrogen (secondary N) is 1. The van der Waals surface area contributed by atoms with Crippen molar-refractivity contribution in [3.63, 3.8) is 0 Å². The summed E-state index contributed by atoms with van der Waals surface area (Å²) < 4.78 is 5.09. The van der Waals surface area contributed by atoms with E-state index in [1.165, 1.54) is 0 Å². The predicted molar refractivity (Wildman–Crippen MR) is 69.0 cm³/mol. The molecule has 0 aliphatic rings. The second-order valence-corrected chi connectivity index (χ2v) is 4.48. The van der Waals surface area contributed by atoms with E-state index in [4.69, 9.17) is 10.5 Å². The minimum atomic E-state index is -0.488. The number of nitrogens with two attached hydrogens (primary N) is 1. The summed E-state index contributed by atoms with van der Waals surface area (Å²) in [7, 11) is 0. The lowest BCUT2D eigenvalue weighted by molar-refractivity contribution is 0.0523. The van der Waals surface area contributed by atoms with E-state index in [0.717, 1.165) is 5.56 Å². The highest BCUT2D eigenvalue weighted by Gasteiger charge is 2.15. The van der Waals surface area contributed by atoms with Crippen molar-refractivity contribution < 1.29 is 9.53 Å². The van der Waals surface area contributed by atoms with Crippen molar-refractivity contribution >= 4 is 24.2 Å². The Balaban J connectivity index is 0.00000256. The molecule has 0 saturated heterocycles. The van der Waals surface area contributed by atoms with Crippen LogP contribution < -0.4 is 11.1 Å². The Morgan fingerprint density at radius 1 is 1.47 bits per heavy atom. The molecule has 17 heavy (non-hydrogen) atoms. The zero-order valence-corrected chi connectivity index (χ0v) is 11.0. The molecule has 1 amide bonds. The highest BCUT2D eigenvalue weighted by molar-refractivity contribution is 5.85. The van der Waals surface area contributed by atoms with Gasteiger partial charge in [0.1, 0.15) is 5.60 Å². The first-order valence-corrected chi connectivity index (χ1v) is 5.03. The summed E-state index contributed by atoms with van der Waals surface area (Å²) >= 11 is 0. The Morgan fingerprint density at radius 3 is 2.65 bits per heavy atom. The van der Waals surface area contributed by atoms with Crippen molar-refractivity contribution in [2.24, 2.45) is 0 Å².